The highest BCUT2D eigenvalue weighted by atomic mass is 16.7. The second-order valence-corrected chi connectivity index (χ2v) is 6.28. The molecule has 0 unspecified atom stereocenters. The lowest BCUT2D eigenvalue weighted by Crippen LogP contribution is -1.99. The van der Waals surface area contributed by atoms with Crippen molar-refractivity contribution in [1.82, 2.24) is 0 Å². The third-order valence-electron chi connectivity index (χ3n) is 4.52. The highest BCUT2D eigenvalue weighted by Gasteiger charge is 2.28. The highest BCUT2D eigenvalue weighted by molar-refractivity contribution is 5.93. The summed E-state index contributed by atoms with van der Waals surface area (Å²) in [6.07, 6.45) is 7.23. The number of esters is 1. The monoisotopic (exact) mass is 344 g/mol. The maximum Gasteiger partial charge on any atom is 0.343 e. The Bertz CT molecular complexity index is 689. The SMILES string of the molecule is C=C1OC(=O)C(CCCCCCCc2ccc3c(c2)OCO3)=C1OC. The van der Waals surface area contributed by atoms with Crippen LogP contribution in [0.1, 0.15) is 44.1 Å². The first-order chi connectivity index (χ1) is 12.2. The van der Waals surface area contributed by atoms with Crippen molar-refractivity contribution >= 4 is 5.97 Å². The number of ether oxygens (including phenoxy) is 4. The molecule has 0 N–H and O–H groups in total. The minimum atomic E-state index is -0.315. The van der Waals surface area contributed by atoms with E-state index < -0.39 is 0 Å². The second kappa shape index (κ2) is 8.10. The fourth-order valence-corrected chi connectivity index (χ4v) is 3.19. The predicted octanol–water partition coefficient (Wildman–Crippen LogP) is 4.27. The van der Waals surface area contributed by atoms with Crippen molar-refractivity contribution in [3.8, 4) is 11.5 Å². The summed E-state index contributed by atoms with van der Waals surface area (Å²) in [4.78, 5) is 11.7. The molecule has 1 aromatic rings. The number of cyclic esters (lactones) is 1. The van der Waals surface area contributed by atoms with Crippen LogP contribution in [0.3, 0.4) is 0 Å². The van der Waals surface area contributed by atoms with Gasteiger partial charge >= 0.3 is 5.97 Å². The third kappa shape index (κ3) is 4.16. The topological polar surface area (TPSA) is 54.0 Å². The molecule has 5 nitrogen and oxygen atoms in total. The number of hydrogen-bond acceptors (Lipinski definition) is 5. The van der Waals surface area contributed by atoms with Crippen LogP contribution in [-0.2, 0) is 20.7 Å². The molecule has 3 rings (SSSR count). The smallest absolute Gasteiger partial charge is 0.343 e. The first kappa shape index (κ1) is 17.4. The zero-order valence-electron chi connectivity index (χ0n) is 14.6. The average molecular weight is 344 g/mol. The molecule has 0 atom stereocenters. The summed E-state index contributed by atoms with van der Waals surface area (Å²) in [6, 6.07) is 6.15. The molecule has 1 aromatic carbocycles. The van der Waals surface area contributed by atoms with E-state index in [-0.39, 0.29) is 5.97 Å². The van der Waals surface area contributed by atoms with E-state index in [9.17, 15) is 4.79 Å². The summed E-state index contributed by atoms with van der Waals surface area (Å²) in [5.74, 6) is 2.20. The van der Waals surface area contributed by atoms with Crippen LogP contribution in [0.5, 0.6) is 11.5 Å². The number of rotatable bonds is 9. The first-order valence-corrected chi connectivity index (χ1v) is 8.76. The Morgan fingerprint density at radius 1 is 1.04 bits per heavy atom. The van der Waals surface area contributed by atoms with Gasteiger partial charge in [-0.05, 0) is 43.4 Å². The normalized spacial score (nSPS) is 15.7. The van der Waals surface area contributed by atoms with Gasteiger partial charge in [0.25, 0.3) is 0 Å². The number of fused-ring (bicyclic) bond motifs is 1. The fraction of sp³-hybridized carbons (Fsp3) is 0.450. The van der Waals surface area contributed by atoms with Crippen molar-refractivity contribution in [3.63, 3.8) is 0 Å². The van der Waals surface area contributed by atoms with Crippen LogP contribution in [0.25, 0.3) is 0 Å². The molecule has 2 aliphatic rings. The van der Waals surface area contributed by atoms with Gasteiger partial charge in [0.05, 0.1) is 12.7 Å². The minimum absolute atomic E-state index is 0.315. The van der Waals surface area contributed by atoms with E-state index in [1.54, 1.807) is 7.11 Å². The van der Waals surface area contributed by atoms with E-state index in [1.807, 2.05) is 6.07 Å². The molecule has 0 aliphatic carbocycles. The van der Waals surface area contributed by atoms with Gasteiger partial charge in [0.2, 0.25) is 6.79 Å². The number of benzene rings is 1. The summed E-state index contributed by atoms with van der Waals surface area (Å²) in [5.41, 5.74) is 1.90. The Hall–Kier alpha value is -2.43. The molecule has 0 fully saturated rings. The van der Waals surface area contributed by atoms with Gasteiger partial charge in [0, 0.05) is 0 Å². The lowest BCUT2D eigenvalue weighted by atomic mass is 10.0. The van der Waals surface area contributed by atoms with Crippen LogP contribution in [0.15, 0.2) is 41.9 Å². The van der Waals surface area contributed by atoms with Crippen LogP contribution in [0.4, 0.5) is 0 Å². The average Bonchev–Trinajstić information content (AvgIpc) is 3.17. The highest BCUT2D eigenvalue weighted by Crippen LogP contribution is 2.33. The number of aryl methyl sites for hydroxylation is 1. The van der Waals surface area contributed by atoms with Gasteiger partial charge < -0.3 is 18.9 Å². The number of carbonyl (C=O) groups excluding carboxylic acids is 1. The van der Waals surface area contributed by atoms with Gasteiger partial charge in [-0.25, -0.2) is 4.79 Å². The minimum Gasteiger partial charge on any atom is -0.492 e. The molecule has 0 amide bonds. The molecule has 25 heavy (non-hydrogen) atoms. The van der Waals surface area contributed by atoms with Gasteiger partial charge in [-0.3, -0.25) is 0 Å². The Morgan fingerprint density at radius 2 is 1.76 bits per heavy atom. The summed E-state index contributed by atoms with van der Waals surface area (Å²) in [5, 5.41) is 0. The van der Waals surface area contributed by atoms with E-state index in [1.165, 1.54) is 12.0 Å². The van der Waals surface area contributed by atoms with Gasteiger partial charge in [-0.15, -0.1) is 0 Å². The second-order valence-electron chi connectivity index (χ2n) is 6.28. The maximum absolute atomic E-state index is 11.7. The lowest BCUT2D eigenvalue weighted by Gasteiger charge is -2.04. The number of carbonyl (C=O) groups is 1. The molecule has 2 heterocycles. The standard InChI is InChI=1S/C20H24O5/c1-14-19(22-2)16(20(21)25-14)9-7-5-3-4-6-8-15-10-11-17-18(12-15)24-13-23-17/h10-12H,1,3-9,13H2,2H3. The maximum atomic E-state index is 11.7. The molecule has 0 saturated carbocycles. The van der Waals surface area contributed by atoms with Crippen molar-refractivity contribution in [3.05, 3.63) is 47.4 Å². The van der Waals surface area contributed by atoms with E-state index >= 15 is 0 Å². The number of methoxy groups -OCH3 is 1. The summed E-state index contributed by atoms with van der Waals surface area (Å²) < 4.78 is 20.9. The first-order valence-electron chi connectivity index (χ1n) is 8.76. The fourth-order valence-electron chi connectivity index (χ4n) is 3.19. The molecular formula is C20H24O5. The van der Waals surface area contributed by atoms with Crippen molar-refractivity contribution in [2.24, 2.45) is 0 Å². The molecule has 5 heteroatoms. The van der Waals surface area contributed by atoms with Crippen LogP contribution < -0.4 is 9.47 Å². The van der Waals surface area contributed by atoms with E-state index in [0.29, 0.717) is 30.3 Å². The Balaban J connectivity index is 1.32. The Kier molecular flexibility index (Phi) is 5.64. The molecular weight excluding hydrogens is 320 g/mol. The molecule has 0 spiro atoms. The zero-order chi connectivity index (χ0) is 17.6. The summed E-state index contributed by atoms with van der Waals surface area (Å²) in [7, 11) is 1.54. The molecule has 0 aromatic heterocycles. The van der Waals surface area contributed by atoms with Gasteiger partial charge in [-0.2, -0.15) is 0 Å². The molecule has 0 radical (unpaired) electrons. The lowest BCUT2D eigenvalue weighted by molar-refractivity contribution is -0.133. The van der Waals surface area contributed by atoms with Crippen LogP contribution in [-0.4, -0.2) is 19.9 Å². The predicted molar refractivity (Wildman–Crippen MR) is 93.2 cm³/mol. The van der Waals surface area contributed by atoms with E-state index in [4.69, 9.17) is 18.9 Å². The molecule has 2 aliphatic heterocycles. The van der Waals surface area contributed by atoms with Gasteiger partial charge in [-0.1, -0.05) is 31.9 Å². The van der Waals surface area contributed by atoms with Crippen molar-refractivity contribution in [2.45, 2.75) is 44.9 Å². The number of unbranched alkanes of at least 4 members (excludes halogenated alkanes) is 4. The molecule has 0 bridgehead atoms. The summed E-state index contributed by atoms with van der Waals surface area (Å²) in [6.45, 7) is 4.00. The third-order valence-corrected chi connectivity index (χ3v) is 4.52. The van der Waals surface area contributed by atoms with Crippen LogP contribution in [0, 0.1) is 0 Å². The summed E-state index contributed by atoms with van der Waals surface area (Å²) >= 11 is 0. The Morgan fingerprint density at radius 3 is 2.56 bits per heavy atom. The molecule has 134 valence electrons. The molecule has 0 saturated heterocycles. The quantitative estimate of drug-likeness (QED) is 0.495. The zero-order valence-corrected chi connectivity index (χ0v) is 14.6. The Labute approximate surface area is 148 Å². The van der Waals surface area contributed by atoms with Crippen molar-refractivity contribution in [2.75, 3.05) is 13.9 Å². The van der Waals surface area contributed by atoms with E-state index in [0.717, 1.165) is 43.6 Å². The van der Waals surface area contributed by atoms with E-state index in [2.05, 4.69) is 18.7 Å². The van der Waals surface area contributed by atoms with Crippen molar-refractivity contribution < 1.29 is 23.7 Å². The van der Waals surface area contributed by atoms with Crippen LogP contribution >= 0.6 is 0 Å². The largest absolute Gasteiger partial charge is 0.492 e. The van der Waals surface area contributed by atoms with Crippen molar-refractivity contribution in [1.29, 1.82) is 0 Å². The van der Waals surface area contributed by atoms with Gasteiger partial charge in [0.1, 0.15) is 0 Å². The van der Waals surface area contributed by atoms with Gasteiger partial charge in [0.15, 0.2) is 23.0 Å². The van der Waals surface area contributed by atoms with Crippen LogP contribution in [0.2, 0.25) is 0 Å². The number of hydrogen-bond donors (Lipinski definition) is 0.